The third-order valence-corrected chi connectivity index (χ3v) is 3.74. The molecule has 1 aliphatic carbocycles. The van der Waals surface area contributed by atoms with Gasteiger partial charge in [0.1, 0.15) is 0 Å². The van der Waals surface area contributed by atoms with Crippen LogP contribution >= 0.6 is 0 Å². The molecule has 0 bridgehead atoms. The molecule has 1 aromatic rings. The molecule has 1 amide bonds. The van der Waals surface area contributed by atoms with E-state index in [2.05, 4.69) is 10.2 Å². The monoisotopic (exact) mass is 250 g/mol. The third kappa shape index (κ3) is 3.10. The molecule has 1 aromatic heterocycles. The number of carbonyl (C=O) groups excluding carboxylic acids is 1. The van der Waals surface area contributed by atoms with Crippen LogP contribution in [0.2, 0.25) is 0 Å². The van der Waals surface area contributed by atoms with Crippen LogP contribution < -0.4 is 5.73 Å². The Morgan fingerprint density at radius 1 is 1.50 bits per heavy atom. The number of nitrogens with zero attached hydrogens (tertiary/aromatic N) is 2. The van der Waals surface area contributed by atoms with Gasteiger partial charge in [0.05, 0.1) is 12.1 Å². The Balaban J connectivity index is 1.96. The zero-order valence-electron chi connectivity index (χ0n) is 10.9. The van der Waals surface area contributed by atoms with E-state index in [4.69, 9.17) is 5.73 Å². The van der Waals surface area contributed by atoms with Crippen molar-refractivity contribution in [1.82, 2.24) is 15.1 Å². The van der Waals surface area contributed by atoms with E-state index in [0.717, 1.165) is 31.2 Å². The highest BCUT2D eigenvalue weighted by Crippen LogP contribution is 2.24. The first-order chi connectivity index (χ1) is 8.68. The summed E-state index contributed by atoms with van der Waals surface area (Å²) in [6.45, 7) is 0.596. The minimum absolute atomic E-state index is 0.00981. The molecule has 0 radical (unpaired) electrons. The molecule has 1 saturated carbocycles. The maximum Gasteiger partial charge on any atom is 0.227 e. The van der Waals surface area contributed by atoms with E-state index in [-0.39, 0.29) is 17.9 Å². The van der Waals surface area contributed by atoms with Gasteiger partial charge in [-0.05, 0) is 12.8 Å². The van der Waals surface area contributed by atoms with Crippen LogP contribution in [0.25, 0.3) is 0 Å². The van der Waals surface area contributed by atoms with E-state index in [0.29, 0.717) is 6.54 Å². The lowest BCUT2D eigenvalue weighted by Gasteiger charge is -2.26. The maximum absolute atomic E-state index is 12.4. The van der Waals surface area contributed by atoms with Crippen molar-refractivity contribution in [2.45, 2.75) is 44.7 Å². The minimum Gasteiger partial charge on any atom is -0.341 e. The predicted octanol–water partition coefficient (Wildman–Crippen LogP) is 1.28. The Hall–Kier alpha value is -1.36. The summed E-state index contributed by atoms with van der Waals surface area (Å²) in [5.41, 5.74) is 7.15. The molecule has 1 fully saturated rings. The first kappa shape index (κ1) is 13.1. The third-order valence-electron chi connectivity index (χ3n) is 3.74. The second kappa shape index (κ2) is 6.00. The van der Waals surface area contributed by atoms with Gasteiger partial charge in [0.25, 0.3) is 0 Å². The van der Waals surface area contributed by atoms with Gasteiger partial charge in [0.15, 0.2) is 0 Å². The van der Waals surface area contributed by atoms with E-state index in [1.807, 2.05) is 13.2 Å². The lowest BCUT2D eigenvalue weighted by atomic mass is 9.94. The van der Waals surface area contributed by atoms with Gasteiger partial charge in [-0.1, -0.05) is 19.3 Å². The fourth-order valence-corrected chi connectivity index (χ4v) is 2.64. The predicted molar refractivity (Wildman–Crippen MR) is 69.6 cm³/mol. The Labute approximate surface area is 108 Å². The molecular weight excluding hydrogens is 228 g/mol. The number of nitrogens with two attached hydrogens (primary N) is 1. The molecule has 5 nitrogen and oxygen atoms in total. The highest BCUT2D eigenvalue weighted by molar-refractivity contribution is 5.79. The molecule has 0 aromatic carbocycles. The van der Waals surface area contributed by atoms with Crippen molar-refractivity contribution in [3.05, 3.63) is 18.0 Å². The summed E-state index contributed by atoms with van der Waals surface area (Å²) >= 11 is 0. The van der Waals surface area contributed by atoms with Gasteiger partial charge in [-0.15, -0.1) is 0 Å². The first-order valence-electron chi connectivity index (χ1n) is 6.66. The fourth-order valence-electron chi connectivity index (χ4n) is 2.64. The van der Waals surface area contributed by atoms with Gasteiger partial charge in [0, 0.05) is 31.4 Å². The number of H-pyrrole nitrogens is 1. The lowest BCUT2D eigenvalue weighted by molar-refractivity contribution is -0.135. The smallest absolute Gasteiger partial charge is 0.227 e. The molecule has 100 valence electrons. The summed E-state index contributed by atoms with van der Waals surface area (Å²) in [6, 6.07) is 0.0202. The molecule has 18 heavy (non-hydrogen) atoms. The van der Waals surface area contributed by atoms with Crippen molar-refractivity contribution in [3.8, 4) is 0 Å². The van der Waals surface area contributed by atoms with Crippen LogP contribution in [-0.4, -0.2) is 34.1 Å². The van der Waals surface area contributed by atoms with Gasteiger partial charge in [0.2, 0.25) is 5.91 Å². The van der Waals surface area contributed by atoms with Crippen LogP contribution in [0.5, 0.6) is 0 Å². The summed E-state index contributed by atoms with van der Waals surface area (Å²) in [4.78, 5) is 14.2. The van der Waals surface area contributed by atoms with Crippen molar-refractivity contribution in [2.24, 2.45) is 11.7 Å². The quantitative estimate of drug-likeness (QED) is 0.793. The summed E-state index contributed by atoms with van der Waals surface area (Å²) in [5, 5.41) is 6.65. The second-order valence-electron chi connectivity index (χ2n) is 5.21. The van der Waals surface area contributed by atoms with Crippen LogP contribution in [0.3, 0.4) is 0 Å². The number of rotatable bonds is 3. The molecule has 0 saturated heterocycles. The molecular formula is C13H22N4O. The number of amides is 1. The molecule has 0 spiro atoms. The zero-order chi connectivity index (χ0) is 13.0. The molecule has 2 unspecified atom stereocenters. The fraction of sp³-hybridized carbons (Fsp3) is 0.692. The van der Waals surface area contributed by atoms with E-state index < -0.39 is 0 Å². The number of hydrogen-bond donors (Lipinski definition) is 2. The Bertz CT molecular complexity index is 376. The van der Waals surface area contributed by atoms with E-state index in [1.54, 1.807) is 11.1 Å². The van der Waals surface area contributed by atoms with Crippen molar-refractivity contribution < 1.29 is 4.79 Å². The van der Waals surface area contributed by atoms with E-state index >= 15 is 0 Å². The van der Waals surface area contributed by atoms with Gasteiger partial charge < -0.3 is 10.6 Å². The highest BCUT2D eigenvalue weighted by Gasteiger charge is 2.29. The minimum atomic E-state index is -0.00981. The van der Waals surface area contributed by atoms with Crippen LogP contribution in [-0.2, 0) is 11.3 Å². The SMILES string of the molecule is CN(Cc1cn[nH]c1)C(=O)C1CCCCCC1N. The lowest BCUT2D eigenvalue weighted by Crippen LogP contribution is -2.41. The largest absolute Gasteiger partial charge is 0.341 e. The molecule has 1 heterocycles. The summed E-state index contributed by atoms with van der Waals surface area (Å²) < 4.78 is 0. The van der Waals surface area contributed by atoms with E-state index in [9.17, 15) is 4.79 Å². The Morgan fingerprint density at radius 3 is 3.00 bits per heavy atom. The van der Waals surface area contributed by atoms with Gasteiger partial charge in [-0.2, -0.15) is 5.10 Å². The topological polar surface area (TPSA) is 75.0 Å². The number of carbonyl (C=O) groups is 1. The molecule has 3 N–H and O–H groups in total. The molecule has 0 aliphatic heterocycles. The first-order valence-corrected chi connectivity index (χ1v) is 6.66. The van der Waals surface area contributed by atoms with E-state index in [1.165, 1.54) is 6.42 Å². The van der Waals surface area contributed by atoms with Crippen LogP contribution in [0, 0.1) is 5.92 Å². The van der Waals surface area contributed by atoms with Gasteiger partial charge in [-0.25, -0.2) is 0 Å². The average Bonchev–Trinajstić information content (AvgIpc) is 2.76. The second-order valence-corrected chi connectivity index (χ2v) is 5.21. The van der Waals surface area contributed by atoms with Crippen molar-refractivity contribution in [1.29, 1.82) is 0 Å². The number of aromatic amines is 1. The van der Waals surface area contributed by atoms with Crippen molar-refractivity contribution in [2.75, 3.05) is 7.05 Å². The van der Waals surface area contributed by atoms with Crippen LogP contribution in [0.1, 0.15) is 37.7 Å². The average molecular weight is 250 g/mol. The summed E-state index contributed by atoms with van der Waals surface area (Å²) in [6.07, 6.45) is 8.92. The number of hydrogen-bond acceptors (Lipinski definition) is 3. The summed E-state index contributed by atoms with van der Waals surface area (Å²) in [5.74, 6) is 0.162. The summed E-state index contributed by atoms with van der Waals surface area (Å²) in [7, 11) is 1.84. The van der Waals surface area contributed by atoms with Gasteiger partial charge in [-0.3, -0.25) is 9.89 Å². The van der Waals surface area contributed by atoms with Crippen LogP contribution in [0.4, 0.5) is 0 Å². The maximum atomic E-state index is 12.4. The van der Waals surface area contributed by atoms with Crippen LogP contribution in [0.15, 0.2) is 12.4 Å². The number of nitrogens with one attached hydrogen (secondary N) is 1. The highest BCUT2D eigenvalue weighted by atomic mass is 16.2. The molecule has 1 aliphatic rings. The molecule has 2 rings (SSSR count). The Morgan fingerprint density at radius 2 is 2.28 bits per heavy atom. The molecule has 2 atom stereocenters. The zero-order valence-corrected chi connectivity index (χ0v) is 10.9. The van der Waals surface area contributed by atoms with Crippen molar-refractivity contribution in [3.63, 3.8) is 0 Å². The van der Waals surface area contributed by atoms with Gasteiger partial charge >= 0.3 is 0 Å². The van der Waals surface area contributed by atoms with Crippen molar-refractivity contribution >= 4 is 5.91 Å². The normalized spacial score (nSPS) is 24.6. The molecule has 5 heteroatoms. The standard InChI is InChI=1S/C13H22N4O/c1-17(9-10-7-15-16-8-10)13(18)11-5-3-2-4-6-12(11)14/h7-8,11-12H,2-6,9,14H2,1H3,(H,15,16). The number of aromatic nitrogens is 2. The Kier molecular flexibility index (Phi) is 4.36.